The first-order valence-corrected chi connectivity index (χ1v) is 8.95. The van der Waals surface area contributed by atoms with E-state index in [-0.39, 0.29) is 24.0 Å². The zero-order chi connectivity index (χ0) is 17.9. The maximum Gasteiger partial charge on any atom is 0.191 e. The van der Waals surface area contributed by atoms with Crippen LogP contribution >= 0.6 is 24.0 Å². The molecule has 0 aliphatic rings. The summed E-state index contributed by atoms with van der Waals surface area (Å²) in [5, 5.41) is 11.4. The average Bonchev–Trinajstić information content (AvgIpc) is 2.82. The summed E-state index contributed by atoms with van der Waals surface area (Å²) in [6, 6.07) is 0. The molecule has 6 nitrogen and oxygen atoms in total. The molecule has 0 aliphatic heterocycles. The van der Waals surface area contributed by atoms with Gasteiger partial charge in [-0.05, 0) is 26.2 Å². The lowest BCUT2D eigenvalue weighted by molar-refractivity contribution is 0.182. The fraction of sp³-hybridized carbons (Fsp3) is 0.778. The molecule has 0 spiro atoms. The Morgan fingerprint density at radius 3 is 2.56 bits per heavy atom. The lowest BCUT2D eigenvalue weighted by atomic mass is 10.1. The normalized spacial score (nSPS) is 11.6. The number of methoxy groups -OCH3 is 1. The Bertz CT molecular complexity index is 514. The van der Waals surface area contributed by atoms with Gasteiger partial charge in [-0.2, -0.15) is 5.10 Å². The Balaban J connectivity index is 0.00000576. The van der Waals surface area contributed by atoms with Gasteiger partial charge in [-0.15, -0.1) is 24.0 Å². The van der Waals surface area contributed by atoms with Crippen molar-refractivity contribution in [1.29, 1.82) is 0 Å². The second kappa shape index (κ2) is 13.4. The number of halogens is 1. The monoisotopic (exact) mass is 465 g/mol. The summed E-state index contributed by atoms with van der Waals surface area (Å²) in [4.78, 5) is 4.30. The number of aliphatic imine (C=N–C) groups is 1. The molecule has 1 aromatic heterocycles. The maximum absolute atomic E-state index is 5.14. The largest absolute Gasteiger partial charge is 0.383 e. The summed E-state index contributed by atoms with van der Waals surface area (Å²) in [7, 11) is 3.52. The number of hydrogen-bond donors (Lipinski definition) is 2. The van der Waals surface area contributed by atoms with E-state index in [1.165, 1.54) is 30.5 Å². The van der Waals surface area contributed by atoms with Gasteiger partial charge in [0.2, 0.25) is 0 Å². The number of rotatable bonds is 10. The van der Waals surface area contributed by atoms with Crippen LogP contribution in [0.5, 0.6) is 0 Å². The van der Waals surface area contributed by atoms with Crippen molar-refractivity contribution in [3.63, 3.8) is 0 Å². The van der Waals surface area contributed by atoms with Crippen molar-refractivity contribution in [1.82, 2.24) is 20.4 Å². The molecule has 0 bridgehead atoms. The van der Waals surface area contributed by atoms with Gasteiger partial charge in [-0.1, -0.05) is 26.7 Å². The Kier molecular flexibility index (Phi) is 12.9. The number of ether oxygens (including phenoxy) is 1. The lowest BCUT2D eigenvalue weighted by Gasteiger charge is -2.12. The molecule has 0 amide bonds. The summed E-state index contributed by atoms with van der Waals surface area (Å²) in [6.07, 6.45) is 3.71. The van der Waals surface area contributed by atoms with Crippen LogP contribution in [0.4, 0.5) is 0 Å². The number of guanidine groups is 1. The van der Waals surface area contributed by atoms with Crippen LogP contribution in [-0.4, -0.2) is 43.0 Å². The SMILES string of the molecule is CN=C(NCCCCC(C)C)NCc1c(C)nn(CCOC)c1C.I. The molecule has 0 radical (unpaired) electrons. The second-order valence-electron chi connectivity index (χ2n) is 6.61. The van der Waals surface area contributed by atoms with E-state index in [1.807, 2.05) is 11.7 Å². The van der Waals surface area contributed by atoms with Crippen LogP contribution in [0.25, 0.3) is 0 Å². The van der Waals surface area contributed by atoms with Gasteiger partial charge in [0.15, 0.2) is 5.96 Å². The fourth-order valence-corrected chi connectivity index (χ4v) is 2.66. The summed E-state index contributed by atoms with van der Waals surface area (Å²) in [5.41, 5.74) is 3.47. The van der Waals surface area contributed by atoms with Crippen molar-refractivity contribution in [3.05, 3.63) is 17.0 Å². The average molecular weight is 465 g/mol. The van der Waals surface area contributed by atoms with Gasteiger partial charge in [0.1, 0.15) is 0 Å². The number of aryl methyl sites for hydroxylation is 1. The van der Waals surface area contributed by atoms with Crippen LogP contribution in [0.2, 0.25) is 0 Å². The molecule has 0 aromatic carbocycles. The standard InChI is InChI=1S/C18H35N5O.HI/c1-14(2)9-7-8-10-20-18(19-5)21-13-17-15(3)22-23(16(17)4)11-12-24-6;/h14H,7-13H2,1-6H3,(H2,19,20,21);1H. The predicted molar refractivity (Wildman–Crippen MR) is 116 cm³/mol. The molecule has 0 saturated heterocycles. The van der Waals surface area contributed by atoms with Crippen molar-refractivity contribution in [2.75, 3.05) is 27.3 Å². The van der Waals surface area contributed by atoms with Gasteiger partial charge in [-0.3, -0.25) is 9.67 Å². The zero-order valence-electron chi connectivity index (χ0n) is 16.7. The zero-order valence-corrected chi connectivity index (χ0v) is 19.0. The quantitative estimate of drug-likeness (QED) is 0.241. The van der Waals surface area contributed by atoms with Gasteiger partial charge >= 0.3 is 0 Å². The summed E-state index contributed by atoms with van der Waals surface area (Å²) >= 11 is 0. The molecular weight excluding hydrogens is 429 g/mol. The third-order valence-electron chi connectivity index (χ3n) is 4.20. The van der Waals surface area contributed by atoms with Crippen molar-refractivity contribution < 1.29 is 4.74 Å². The minimum Gasteiger partial charge on any atom is -0.383 e. The number of nitrogens with one attached hydrogen (secondary N) is 2. The first-order chi connectivity index (χ1) is 11.5. The maximum atomic E-state index is 5.14. The van der Waals surface area contributed by atoms with Gasteiger partial charge in [0, 0.05) is 38.5 Å². The van der Waals surface area contributed by atoms with E-state index in [0.717, 1.165) is 37.2 Å². The van der Waals surface area contributed by atoms with Crippen LogP contribution in [0.3, 0.4) is 0 Å². The van der Waals surface area contributed by atoms with Crippen LogP contribution in [0.15, 0.2) is 4.99 Å². The number of unbranched alkanes of at least 4 members (excludes halogenated alkanes) is 1. The molecular formula is C18H36IN5O. The Morgan fingerprint density at radius 2 is 1.96 bits per heavy atom. The summed E-state index contributed by atoms with van der Waals surface area (Å²) in [5.74, 6) is 1.63. The molecule has 2 N–H and O–H groups in total. The van der Waals surface area contributed by atoms with Crippen molar-refractivity contribution >= 4 is 29.9 Å². The fourth-order valence-electron chi connectivity index (χ4n) is 2.66. The number of hydrogen-bond acceptors (Lipinski definition) is 3. The first-order valence-electron chi connectivity index (χ1n) is 8.95. The van der Waals surface area contributed by atoms with Crippen LogP contribution < -0.4 is 10.6 Å². The molecule has 0 atom stereocenters. The third kappa shape index (κ3) is 8.89. The predicted octanol–water partition coefficient (Wildman–Crippen LogP) is 3.26. The molecule has 0 fully saturated rings. The molecule has 1 rings (SSSR count). The van der Waals surface area contributed by atoms with Crippen molar-refractivity contribution in [3.8, 4) is 0 Å². The Morgan fingerprint density at radius 1 is 1.24 bits per heavy atom. The summed E-state index contributed by atoms with van der Waals surface area (Å²) in [6.45, 7) is 11.8. The van der Waals surface area contributed by atoms with E-state index in [2.05, 4.69) is 48.4 Å². The molecule has 146 valence electrons. The van der Waals surface area contributed by atoms with E-state index in [4.69, 9.17) is 4.74 Å². The highest BCUT2D eigenvalue weighted by atomic mass is 127. The molecule has 25 heavy (non-hydrogen) atoms. The highest BCUT2D eigenvalue weighted by Crippen LogP contribution is 2.12. The van der Waals surface area contributed by atoms with E-state index in [9.17, 15) is 0 Å². The van der Waals surface area contributed by atoms with Crippen molar-refractivity contribution in [2.45, 2.75) is 60.0 Å². The van der Waals surface area contributed by atoms with E-state index < -0.39 is 0 Å². The molecule has 0 unspecified atom stereocenters. The minimum atomic E-state index is 0. The smallest absolute Gasteiger partial charge is 0.191 e. The van der Waals surface area contributed by atoms with Crippen LogP contribution in [0.1, 0.15) is 50.1 Å². The highest BCUT2D eigenvalue weighted by Gasteiger charge is 2.11. The Labute approximate surface area is 170 Å². The highest BCUT2D eigenvalue weighted by molar-refractivity contribution is 14.0. The van der Waals surface area contributed by atoms with Crippen LogP contribution in [0, 0.1) is 19.8 Å². The van der Waals surface area contributed by atoms with Gasteiger partial charge in [0.25, 0.3) is 0 Å². The van der Waals surface area contributed by atoms with Crippen molar-refractivity contribution in [2.24, 2.45) is 10.9 Å². The lowest BCUT2D eigenvalue weighted by Crippen LogP contribution is -2.37. The van der Waals surface area contributed by atoms with Gasteiger partial charge < -0.3 is 15.4 Å². The minimum absolute atomic E-state index is 0. The van der Waals surface area contributed by atoms with Gasteiger partial charge in [0.05, 0.1) is 18.8 Å². The van der Waals surface area contributed by atoms with E-state index in [1.54, 1.807) is 7.11 Å². The van der Waals surface area contributed by atoms with Gasteiger partial charge in [-0.25, -0.2) is 0 Å². The molecule has 0 aliphatic carbocycles. The second-order valence-corrected chi connectivity index (χ2v) is 6.61. The van der Waals surface area contributed by atoms with E-state index in [0.29, 0.717) is 6.61 Å². The molecule has 0 saturated carbocycles. The Hall–Kier alpha value is -0.830. The topological polar surface area (TPSA) is 63.5 Å². The molecule has 1 aromatic rings. The molecule has 1 heterocycles. The summed E-state index contributed by atoms with van der Waals surface area (Å²) < 4.78 is 7.15. The first kappa shape index (κ1) is 24.2. The van der Waals surface area contributed by atoms with Crippen LogP contribution in [-0.2, 0) is 17.8 Å². The third-order valence-corrected chi connectivity index (χ3v) is 4.20. The number of nitrogens with zero attached hydrogens (tertiary/aromatic N) is 3. The molecule has 7 heteroatoms. The number of aromatic nitrogens is 2. The van der Waals surface area contributed by atoms with E-state index >= 15 is 0 Å².